The van der Waals surface area contributed by atoms with Crippen molar-refractivity contribution >= 4 is 11.6 Å². The first-order valence-corrected chi connectivity index (χ1v) is 9.93. The van der Waals surface area contributed by atoms with Crippen molar-refractivity contribution in [1.29, 1.82) is 0 Å². The molecule has 2 aliphatic rings. The lowest BCUT2D eigenvalue weighted by molar-refractivity contribution is -0.132. The fourth-order valence-electron chi connectivity index (χ4n) is 3.45. The van der Waals surface area contributed by atoms with Gasteiger partial charge < -0.3 is 4.90 Å². The quantitative estimate of drug-likeness (QED) is 0.688. The summed E-state index contributed by atoms with van der Waals surface area (Å²) in [5, 5.41) is 11.4. The number of hydrogen-bond donors (Lipinski definition) is 0. The Hall–Kier alpha value is -3.03. The van der Waals surface area contributed by atoms with Gasteiger partial charge in [-0.15, -0.1) is 5.10 Å². The van der Waals surface area contributed by atoms with Crippen molar-refractivity contribution in [3.63, 3.8) is 0 Å². The highest BCUT2D eigenvalue weighted by molar-refractivity contribution is 6.02. The largest absolute Gasteiger partial charge is 0.342 e. The maximum atomic E-state index is 13.4. The van der Waals surface area contributed by atoms with Gasteiger partial charge in [-0.05, 0) is 42.7 Å². The van der Waals surface area contributed by atoms with E-state index in [1.165, 1.54) is 12.1 Å². The zero-order valence-corrected chi connectivity index (χ0v) is 16.3. The molecule has 0 spiro atoms. The normalized spacial score (nSPS) is 16.6. The van der Waals surface area contributed by atoms with E-state index in [1.54, 1.807) is 24.5 Å². The second-order valence-corrected chi connectivity index (χ2v) is 7.43. The molecule has 0 radical (unpaired) electrons. The van der Waals surface area contributed by atoms with E-state index in [-0.39, 0.29) is 23.6 Å². The number of halogens is 1. The van der Waals surface area contributed by atoms with Crippen LogP contribution in [0.1, 0.15) is 42.6 Å². The molecule has 4 rings (SSSR count). The molecule has 0 bridgehead atoms. The number of rotatable bonds is 8. The summed E-state index contributed by atoms with van der Waals surface area (Å²) in [6, 6.07) is 6.47. The van der Waals surface area contributed by atoms with E-state index in [0.717, 1.165) is 29.7 Å². The Kier molecular flexibility index (Phi) is 5.69. The Bertz CT molecular complexity index is 921. The molecule has 2 aromatic rings. The third-order valence-corrected chi connectivity index (χ3v) is 5.32. The molecule has 150 valence electrons. The van der Waals surface area contributed by atoms with Gasteiger partial charge in [0.15, 0.2) is 0 Å². The van der Waals surface area contributed by atoms with Gasteiger partial charge in [0.1, 0.15) is 18.2 Å². The predicted octanol–water partition coefficient (Wildman–Crippen LogP) is 3.37. The smallest absolute Gasteiger partial charge is 0.225 e. The lowest BCUT2D eigenvalue weighted by Gasteiger charge is -2.27. The van der Waals surface area contributed by atoms with Gasteiger partial charge in [0.2, 0.25) is 5.91 Å². The van der Waals surface area contributed by atoms with Crippen molar-refractivity contribution in [2.45, 2.75) is 32.1 Å². The molecule has 1 amide bonds. The molecule has 0 saturated heterocycles. The van der Waals surface area contributed by atoms with Crippen molar-refractivity contribution in [2.75, 3.05) is 19.6 Å². The number of likely N-dealkylation sites (N-methyl/N-ethyl adjacent to an activating group) is 1. The fourth-order valence-corrected chi connectivity index (χ4v) is 3.45. The molecule has 1 unspecified atom stereocenters. The lowest BCUT2D eigenvalue weighted by atomic mass is 9.94. The Balaban J connectivity index is 1.52. The van der Waals surface area contributed by atoms with Crippen molar-refractivity contribution in [2.24, 2.45) is 21.4 Å². The topological polar surface area (TPSA) is 83.2 Å². The van der Waals surface area contributed by atoms with Gasteiger partial charge >= 0.3 is 0 Å². The standard InChI is InChI=1S/C21H23FN6O/c1-2-28(21(29)15-3-4-15)13-16(14-5-7-18(22)8-6-14)9-20-23-10-17(11-24-20)19-12-25-27-26-19/h5-8,10-11,15-16H,2-4,9,12-13H2,1H3. The average molecular weight is 394 g/mol. The molecule has 8 heteroatoms. The molecule has 1 fully saturated rings. The van der Waals surface area contributed by atoms with Crippen LogP contribution in [0.15, 0.2) is 52.1 Å². The van der Waals surface area contributed by atoms with Crippen molar-refractivity contribution in [1.82, 2.24) is 14.9 Å². The molecule has 1 atom stereocenters. The molecule has 0 N–H and O–H groups in total. The Labute approximate surface area is 168 Å². The van der Waals surface area contributed by atoms with Gasteiger partial charge in [0.05, 0.1) is 5.71 Å². The second-order valence-electron chi connectivity index (χ2n) is 7.43. The van der Waals surface area contributed by atoms with Crippen LogP contribution in [0.4, 0.5) is 4.39 Å². The van der Waals surface area contributed by atoms with Gasteiger partial charge in [-0.2, -0.15) is 5.11 Å². The number of nitrogens with zero attached hydrogens (tertiary/aromatic N) is 6. The van der Waals surface area contributed by atoms with Gasteiger partial charge in [-0.1, -0.05) is 12.1 Å². The first kappa shape index (κ1) is 19.3. The second kappa shape index (κ2) is 8.55. The first-order chi connectivity index (χ1) is 14.1. The highest BCUT2D eigenvalue weighted by Gasteiger charge is 2.34. The molecular formula is C21H23FN6O. The van der Waals surface area contributed by atoms with Crippen LogP contribution in [0, 0.1) is 11.7 Å². The predicted molar refractivity (Wildman–Crippen MR) is 106 cm³/mol. The van der Waals surface area contributed by atoms with Crippen molar-refractivity contribution < 1.29 is 9.18 Å². The van der Waals surface area contributed by atoms with E-state index in [9.17, 15) is 9.18 Å². The molecule has 1 aromatic carbocycles. The van der Waals surface area contributed by atoms with E-state index in [0.29, 0.717) is 31.9 Å². The first-order valence-electron chi connectivity index (χ1n) is 9.93. The van der Waals surface area contributed by atoms with Crippen molar-refractivity contribution in [3.8, 4) is 0 Å². The summed E-state index contributed by atoms with van der Waals surface area (Å²) >= 11 is 0. The van der Waals surface area contributed by atoms with Gasteiger partial charge in [-0.3, -0.25) is 4.79 Å². The average Bonchev–Trinajstić information content (AvgIpc) is 3.46. The summed E-state index contributed by atoms with van der Waals surface area (Å²) in [6.45, 7) is 3.65. The van der Waals surface area contributed by atoms with Gasteiger partial charge in [-0.25, -0.2) is 14.4 Å². The molecule has 29 heavy (non-hydrogen) atoms. The molecule has 1 aliphatic heterocycles. The molecule has 2 heterocycles. The number of hydrogen-bond acceptors (Lipinski definition) is 6. The summed E-state index contributed by atoms with van der Waals surface area (Å²) in [4.78, 5) is 23.5. The minimum Gasteiger partial charge on any atom is -0.342 e. The molecule has 1 saturated carbocycles. The van der Waals surface area contributed by atoms with Crippen molar-refractivity contribution in [3.05, 3.63) is 59.4 Å². The Morgan fingerprint density at radius 3 is 2.52 bits per heavy atom. The Morgan fingerprint density at radius 2 is 1.93 bits per heavy atom. The van der Waals surface area contributed by atoms with E-state index in [4.69, 9.17) is 0 Å². The minimum atomic E-state index is -0.275. The number of benzene rings is 1. The molecule has 7 nitrogen and oxygen atoms in total. The van der Waals surface area contributed by atoms with Crippen LogP contribution in [-0.4, -0.2) is 46.1 Å². The number of carbonyl (C=O) groups excluding carboxylic acids is 1. The van der Waals surface area contributed by atoms with E-state index >= 15 is 0 Å². The van der Waals surface area contributed by atoms with Crippen LogP contribution in [-0.2, 0) is 11.2 Å². The van der Waals surface area contributed by atoms with Crippen LogP contribution >= 0.6 is 0 Å². The Morgan fingerprint density at radius 1 is 1.21 bits per heavy atom. The number of aromatic nitrogens is 2. The third-order valence-electron chi connectivity index (χ3n) is 5.32. The monoisotopic (exact) mass is 394 g/mol. The highest BCUT2D eigenvalue weighted by Crippen LogP contribution is 2.32. The third kappa shape index (κ3) is 4.70. The highest BCUT2D eigenvalue weighted by atomic mass is 19.1. The van der Waals surface area contributed by atoms with Crippen LogP contribution < -0.4 is 0 Å². The van der Waals surface area contributed by atoms with Gasteiger partial charge in [0.25, 0.3) is 0 Å². The van der Waals surface area contributed by atoms with Crippen LogP contribution in [0.5, 0.6) is 0 Å². The summed E-state index contributed by atoms with van der Waals surface area (Å²) in [5.74, 6) is 0.760. The van der Waals surface area contributed by atoms with Gasteiger partial charge in [0, 0.05) is 49.3 Å². The summed E-state index contributed by atoms with van der Waals surface area (Å²) in [6.07, 6.45) is 5.97. The van der Waals surface area contributed by atoms with E-state index in [2.05, 4.69) is 25.4 Å². The van der Waals surface area contributed by atoms with Crippen LogP contribution in [0.25, 0.3) is 0 Å². The number of carbonyl (C=O) groups is 1. The lowest BCUT2D eigenvalue weighted by Crippen LogP contribution is -2.36. The zero-order valence-electron chi connectivity index (χ0n) is 16.3. The fraction of sp³-hybridized carbons (Fsp3) is 0.429. The van der Waals surface area contributed by atoms with Crippen LogP contribution in [0.3, 0.4) is 0 Å². The van der Waals surface area contributed by atoms with E-state index < -0.39 is 0 Å². The summed E-state index contributed by atoms with van der Waals surface area (Å²) in [7, 11) is 0. The number of amides is 1. The maximum Gasteiger partial charge on any atom is 0.225 e. The zero-order chi connectivity index (χ0) is 20.2. The summed E-state index contributed by atoms with van der Waals surface area (Å²) < 4.78 is 13.4. The minimum absolute atomic E-state index is 0.0158. The maximum absolute atomic E-state index is 13.4. The molecule has 1 aromatic heterocycles. The molecule has 1 aliphatic carbocycles. The van der Waals surface area contributed by atoms with Crippen LogP contribution in [0.2, 0.25) is 0 Å². The summed E-state index contributed by atoms with van der Waals surface area (Å²) in [5.41, 5.74) is 2.52. The SMILES string of the molecule is CCN(CC(Cc1ncc(C2=NN=NC2)cn1)c1ccc(F)cc1)C(=O)C1CC1. The van der Waals surface area contributed by atoms with E-state index in [1.807, 2.05) is 11.8 Å². The molecular weight excluding hydrogens is 371 g/mol.